The van der Waals surface area contributed by atoms with E-state index < -0.39 is 0 Å². The van der Waals surface area contributed by atoms with Crippen LogP contribution in [0.15, 0.2) is 0 Å². The van der Waals surface area contributed by atoms with Gasteiger partial charge in [0.05, 0.1) is 0 Å². The van der Waals surface area contributed by atoms with Crippen molar-refractivity contribution in [2.75, 3.05) is 6.16 Å². The second kappa shape index (κ2) is 3.90. The van der Waals surface area contributed by atoms with Gasteiger partial charge in [-0.2, -0.15) is 0 Å². The van der Waals surface area contributed by atoms with Crippen molar-refractivity contribution in [3.05, 3.63) is 0 Å². The lowest BCUT2D eigenvalue weighted by Crippen LogP contribution is -2.12. The highest BCUT2D eigenvalue weighted by Gasteiger charge is 2.30. The van der Waals surface area contributed by atoms with Crippen molar-refractivity contribution in [1.29, 1.82) is 0 Å². The molecule has 0 aromatic rings. The molecule has 1 heterocycles. The van der Waals surface area contributed by atoms with Crippen LogP contribution in [0, 0.1) is 5.92 Å². The third-order valence-electron chi connectivity index (χ3n) is 2.78. The summed E-state index contributed by atoms with van der Waals surface area (Å²) in [4.78, 5) is 0. The van der Waals surface area contributed by atoms with E-state index in [9.17, 15) is 0 Å². The highest BCUT2D eigenvalue weighted by Crippen LogP contribution is 2.55. The van der Waals surface area contributed by atoms with Crippen molar-refractivity contribution in [2.24, 2.45) is 5.92 Å². The molecule has 1 fully saturated rings. The van der Waals surface area contributed by atoms with Crippen molar-refractivity contribution in [3.8, 4) is 0 Å². The van der Waals surface area contributed by atoms with Crippen LogP contribution in [-0.2, 0) is 0 Å². The van der Waals surface area contributed by atoms with E-state index in [-0.39, 0.29) is 0 Å². The minimum absolute atomic E-state index is 0.393. The Labute approximate surface area is 72.5 Å². The highest BCUT2D eigenvalue weighted by molar-refractivity contribution is 7.59. The molecule has 2 unspecified atom stereocenters. The summed E-state index contributed by atoms with van der Waals surface area (Å²) in [5.74, 6) is 0.936. The number of hydrogen-bond donors (Lipinski definition) is 0. The van der Waals surface area contributed by atoms with E-state index in [1.807, 2.05) is 0 Å². The predicted octanol–water partition coefficient (Wildman–Crippen LogP) is 3.70. The fourth-order valence-corrected chi connectivity index (χ4v) is 5.61. The zero-order valence-corrected chi connectivity index (χ0v) is 9.20. The molecular formula is C10H21P. The molecule has 0 radical (unpaired) electrons. The monoisotopic (exact) mass is 172 g/mol. The van der Waals surface area contributed by atoms with Crippen LogP contribution in [0.5, 0.6) is 0 Å². The lowest BCUT2D eigenvalue weighted by molar-refractivity contribution is 0.580. The van der Waals surface area contributed by atoms with Crippen LogP contribution in [0.2, 0.25) is 0 Å². The van der Waals surface area contributed by atoms with E-state index in [1.54, 1.807) is 6.16 Å². The fourth-order valence-electron chi connectivity index (χ4n) is 2.17. The van der Waals surface area contributed by atoms with Crippen LogP contribution in [-0.4, -0.2) is 17.5 Å². The summed E-state index contributed by atoms with van der Waals surface area (Å²) in [5.41, 5.74) is 2.06. The molecule has 0 nitrogen and oxygen atoms in total. The van der Waals surface area contributed by atoms with E-state index in [2.05, 4.69) is 27.7 Å². The summed E-state index contributed by atoms with van der Waals surface area (Å²) in [6.07, 6.45) is 4.57. The van der Waals surface area contributed by atoms with Crippen molar-refractivity contribution in [2.45, 2.75) is 51.9 Å². The zero-order valence-electron chi connectivity index (χ0n) is 8.30. The van der Waals surface area contributed by atoms with Gasteiger partial charge in [-0.05, 0) is 36.2 Å². The van der Waals surface area contributed by atoms with E-state index in [4.69, 9.17) is 0 Å². The van der Waals surface area contributed by atoms with Gasteiger partial charge < -0.3 is 0 Å². The molecule has 1 saturated heterocycles. The second-order valence-corrected chi connectivity index (χ2v) is 7.46. The molecule has 1 heteroatoms. The summed E-state index contributed by atoms with van der Waals surface area (Å²) < 4.78 is 0. The molecule has 1 aliphatic heterocycles. The molecule has 0 aromatic heterocycles. The first-order valence-corrected chi connectivity index (χ1v) is 6.55. The highest BCUT2D eigenvalue weighted by atomic mass is 31.1. The third kappa shape index (κ3) is 2.18. The summed E-state index contributed by atoms with van der Waals surface area (Å²) in [6, 6.07) is 0. The van der Waals surface area contributed by atoms with Crippen LogP contribution in [0.4, 0.5) is 0 Å². The van der Waals surface area contributed by atoms with Gasteiger partial charge in [-0.25, -0.2) is 0 Å². The van der Waals surface area contributed by atoms with Crippen molar-refractivity contribution < 1.29 is 0 Å². The zero-order chi connectivity index (χ0) is 8.43. The molecule has 0 N–H and O–H groups in total. The van der Waals surface area contributed by atoms with Gasteiger partial charge in [0.15, 0.2) is 0 Å². The molecule has 1 rings (SSSR count). The van der Waals surface area contributed by atoms with Crippen LogP contribution in [0.1, 0.15) is 40.5 Å². The van der Waals surface area contributed by atoms with Gasteiger partial charge in [-0.15, -0.1) is 7.92 Å². The van der Waals surface area contributed by atoms with Gasteiger partial charge in [0.25, 0.3) is 0 Å². The first kappa shape index (κ1) is 9.52. The molecular weight excluding hydrogens is 151 g/mol. The molecule has 0 amide bonds. The Hall–Kier alpha value is 0.430. The first-order chi connectivity index (χ1) is 5.13. The Balaban J connectivity index is 2.51. The molecule has 1 aliphatic rings. The van der Waals surface area contributed by atoms with E-state index in [0.29, 0.717) is 7.92 Å². The van der Waals surface area contributed by atoms with Gasteiger partial charge >= 0.3 is 0 Å². The Kier molecular flexibility index (Phi) is 3.37. The number of hydrogen-bond acceptors (Lipinski definition) is 0. The van der Waals surface area contributed by atoms with Crippen LogP contribution in [0.25, 0.3) is 0 Å². The van der Waals surface area contributed by atoms with Gasteiger partial charge in [0.1, 0.15) is 0 Å². The van der Waals surface area contributed by atoms with E-state index >= 15 is 0 Å². The standard InChI is InChI=1S/C10H21P/c1-8(2)10-6-5-7-11(10)9(3)4/h8-10H,5-7H2,1-4H3. The lowest BCUT2D eigenvalue weighted by atomic mass is 10.1. The van der Waals surface area contributed by atoms with Gasteiger partial charge in [0.2, 0.25) is 0 Å². The molecule has 66 valence electrons. The summed E-state index contributed by atoms with van der Waals surface area (Å²) in [6.45, 7) is 9.61. The Morgan fingerprint density at radius 3 is 2.18 bits per heavy atom. The number of rotatable bonds is 2. The Morgan fingerprint density at radius 1 is 1.18 bits per heavy atom. The van der Waals surface area contributed by atoms with E-state index in [0.717, 1.165) is 17.2 Å². The SMILES string of the molecule is CC(C)C1CCCP1C(C)C. The van der Waals surface area contributed by atoms with Crippen molar-refractivity contribution in [1.82, 2.24) is 0 Å². The molecule has 0 saturated carbocycles. The maximum Gasteiger partial charge on any atom is -0.0184 e. The smallest absolute Gasteiger partial charge is 0.0184 e. The van der Waals surface area contributed by atoms with E-state index in [1.165, 1.54) is 12.8 Å². The average Bonchev–Trinajstić information content (AvgIpc) is 2.32. The third-order valence-corrected chi connectivity index (χ3v) is 6.64. The van der Waals surface area contributed by atoms with Gasteiger partial charge in [-0.1, -0.05) is 27.7 Å². The normalized spacial score (nSPS) is 32.2. The molecule has 2 atom stereocenters. The first-order valence-electron chi connectivity index (χ1n) is 4.88. The minimum Gasteiger partial charge on any atom is -0.101 e. The topological polar surface area (TPSA) is 0 Å². The predicted molar refractivity (Wildman–Crippen MR) is 54.8 cm³/mol. The van der Waals surface area contributed by atoms with Crippen molar-refractivity contribution >= 4 is 7.92 Å². The quantitative estimate of drug-likeness (QED) is 0.557. The maximum atomic E-state index is 2.41. The maximum absolute atomic E-state index is 2.41. The average molecular weight is 172 g/mol. The van der Waals surface area contributed by atoms with Crippen LogP contribution >= 0.6 is 7.92 Å². The largest absolute Gasteiger partial charge is 0.101 e. The summed E-state index contributed by atoms with van der Waals surface area (Å²) in [7, 11) is 0.393. The Bertz CT molecular complexity index is 104. The molecule has 0 aromatic carbocycles. The fraction of sp³-hybridized carbons (Fsp3) is 1.00. The Morgan fingerprint density at radius 2 is 1.82 bits per heavy atom. The molecule has 11 heavy (non-hydrogen) atoms. The minimum atomic E-state index is 0.393. The molecule has 0 bridgehead atoms. The molecule has 0 spiro atoms. The van der Waals surface area contributed by atoms with Gasteiger partial charge in [0, 0.05) is 0 Å². The summed E-state index contributed by atoms with van der Waals surface area (Å²) >= 11 is 0. The second-order valence-electron chi connectivity index (χ2n) is 4.29. The van der Waals surface area contributed by atoms with Crippen molar-refractivity contribution in [3.63, 3.8) is 0 Å². The summed E-state index contributed by atoms with van der Waals surface area (Å²) in [5, 5.41) is 0. The van der Waals surface area contributed by atoms with Crippen LogP contribution in [0.3, 0.4) is 0 Å². The lowest BCUT2D eigenvalue weighted by Gasteiger charge is -2.26. The van der Waals surface area contributed by atoms with Crippen LogP contribution < -0.4 is 0 Å². The molecule has 0 aliphatic carbocycles. The van der Waals surface area contributed by atoms with Gasteiger partial charge in [-0.3, -0.25) is 0 Å².